The number of nitrogens with zero attached hydrogens (tertiary/aromatic N) is 8. The number of aliphatic hydroxyl groups is 1. The average molecular weight is 686 g/mol. The molecule has 5 aliphatic rings. The second-order valence-electron chi connectivity index (χ2n) is 15.1. The Morgan fingerprint density at radius 3 is 2.80 bits per heavy atom. The van der Waals surface area contributed by atoms with Gasteiger partial charge in [0.25, 0.3) is 0 Å². The zero-order valence-corrected chi connectivity index (χ0v) is 29.3. The van der Waals surface area contributed by atoms with Gasteiger partial charge >= 0.3 is 0 Å². The highest BCUT2D eigenvalue weighted by atomic mass is 32.1. The number of hydrogen-bond acceptors (Lipinski definition) is 13. The highest BCUT2D eigenvalue weighted by molar-refractivity contribution is 7.16. The van der Waals surface area contributed by atoms with E-state index in [1.165, 1.54) is 16.2 Å². The van der Waals surface area contributed by atoms with E-state index >= 15 is 0 Å². The van der Waals surface area contributed by atoms with Gasteiger partial charge in [0, 0.05) is 30.6 Å². The Kier molecular flexibility index (Phi) is 7.08. The number of piperidine rings is 1. The lowest BCUT2D eigenvalue weighted by atomic mass is 9.63. The number of nitrogens with two attached hydrogens (primary N) is 1. The molecule has 9 rings (SSSR count). The van der Waals surface area contributed by atoms with E-state index in [0.29, 0.717) is 59.0 Å². The molecule has 2 aliphatic carbocycles. The molecular weight excluding hydrogens is 643 g/mol. The van der Waals surface area contributed by atoms with Crippen molar-refractivity contribution in [3.05, 3.63) is 27.3 Å². The predicted molar refractivity (Wildman–Crippen MR) is 184 cm³/mol. The van der Waals surface area contributed by atoms with Gasteiger partial charge in [0.05, 0.1) is 40.8 Å². The number of thiophene rings is 1. The van der Waals surface area contributed by atoms with E-state index in [4.69, 9.17) is 40.0 Å². The maximum Gasteiger partial charge on any atom is 0.246 e. The number of aryl methyl sites for hydroxylation is 1. The van der Waals surface area contributed by atoms with E-state index in [1.807, 2.05) is 11.6 Å². The van der Waals surface area contributed by atoms with Crippen molar-refractivity contribution in [3.63, 3.8) is 0 Å². The molecule has 7 heterocycles. The number of fused-ring (bicyclic) bond motifs is 6. The molecule has 3 N–H and O–H groups in total. The Morgan fingerprint density at radius 1 is 1.18 bits per heavy atom. The Morgan fingerprint density at radius 2 is 2.00 bits per heavy atom. The number of nitrogen functional groups attached to an aromatic ring is 1. The highest BCUT2D eigenvalue weighted by Crippen LogP contribution is 2.55. The number of hydrogen-bond donors (Lipinski definition) is 2. The number of aromatic nitrogens is 5. The highest BCUT2D eigenvalue weighted by Gasteiger charge is 2.49. The molecule has 0 saturated carbocycles. The summed E-state index contributed by atoms with van der Waals surface area (Å²) in [5.74, 6) is 2.51. The van der Waals surface area contributed by atoms with Crippen molar-refractivity contribution in [2.24, 2.45) is 0 Å². The van der Waals surface area contributed by atoms with Crippen molar-refractivity contribution >= 4 is 33.2 Å². The minimum absolute atomic E-state index is 0.0358. The summed E-state index contributed by atoms with van der Waals surface area (Å²) in [4.78, 5) is 16.2. The third-order valence-electron chi connectivity index (χ3n) is 12.1. The average Bonchev–Trinajstić information content (AvgIpc) is 3.84. The largest absolute Gasteiger partial charge is 0.474 e. The fourth-order valence-electron chi connectivity index (χ4n) is 9.73. The zero-order chi connectivity index (χ0) is 33.8. The van der Waals surface area contributed by atoms with Gasteiger partial charge in [0.1, 0.15) is 28.9 Å². The number of anilines is 2. The number of methoxy groups -OCH3 is 1. The maximum atomic E-state index is 11.3. The lowest BCUT2D eigenvalue weighted by Crippen LogP contribution is -2.53. The van der Waals surface area contributed by atoms with Gasteiger partial charge in [-0.3, -0.25) is 4.90 Å². The maximum absolute atomic E-state index is 11.3. The third kappa shape index (κ3) is 4.51. The monoisotopic (exact) mass is 685 g/mol. The molecule has 4 aromatic rings. The van der Waals surface area contributed by atoms with Crippen molar-refractivity contribution < 1.29 is 19.1 Å². The predicted octanol–water partition coefficient (Wildman–Crippen LogP) is 4.35. The molecule has 6 atom stereocenters. The summed E-state index contributed by atoms with van der Waals surface area (Å²) in [7, 11) is 3.91. The molecule has 49 heavy (non-hydrogen) atoms. The Balaban J connectivity index is 1.24. The smallest absolute Gasteiger partial charge is 0.246 e. The molecule has 2 saturated heterocycles. The van der Waals surface area contributed by atoms with E-state index in [2.05, 4.69) is 29.8 Å². The van der Waals surface area contributed by atoms with Crippen LogP contribution in [0.4, 0.5) is 10.8 Å². The molecule has 6 unspecified atom stereocenters. The molecule has 4 aromatic heterocycles. The normalized spacial score (nSPS) is 30.0. The summed E-state index contributed by atoms with van der Waals surface area (Å²) >= 11 is 1.54. The number of likely N-dealkylation sites (tertiary alicyclic amines) is 1. The van der Waals surface area contributed by atoms with Crippen LogP contribution in [0, 0.1) is 11.3 Å². The first-order valence-corrected chi connectivity index (χ1v) is 18.4. The van der Waals surface area contributed by atoms with Crippen LogP contribution in [0.1, 0.15) is 92.2 Å². The third-order valence-corrected chi connectivity index (χ3v) is 13.1. The summed E-state index contributed by atoms with van der Waals surface area (Å²) < 4.78 is 20.7. The van der Waals surface area contributed by atoms with Crippen molar-refractivity contribution in [3.8, 4) is 23.5 Å². The van der Waals surface area contributed by atoms with Crippen LogP contribution in [0.25, 0.3) is 22.6 Å². The van der Waals surface area contributed by atoms with Crippen LogP contribution in [-0.4, -0.2) is 92.6 Å². The lowest BCUT2D eigenvalue weighted by molar-refractivity contribution is 0.0319. The van der Waals surface area contributed by atoms with E-state index in [9.17, 15) is 10.4 Å². The minimum atomic E-state index is -0.876. The summed E-state index contributed by atoms with van der Waals surface area (Å²) in [5.41, 5.74) is 9.00. The quantitative estimate of drug-likeness (QED) is 0.313. The van der Waals surface area contributed by atoms with Gasteiger partial charge in [-0.25, -0.2) is 14.6 Å². The fourth-order valence-corrected chi connectivity index (χ4v) is 10.9. The van der Waals surface area contributed by atoms with Crippen LogP contribution in [0.5, 0.6) is 5.88 Å². The second kappa shape index (κ2) is 11.1. The van der Waals surface area contributed by atoms with E-state index in [-0.39, 0.29) is 24.2 Å². The number of ether oxygens (including phenoxy) is 2. The Hall–Kier alpha value is -3.77. The molecule has 13 nitrogen and oxygen atoms in total. The first-order valence-electron chi connectivity index (χ1n) is 17.6. The molecule has 14 heteroatoms. The molecule has 2 fully saturated rings. The van der Waals surface area contributed by atoms with Crippen molar-refractivity contribution in [2.75, 3.05) is 44.5 Å². The first kappa shape index (κ1) is 31.2. The lowest BCUT2D eigenvalue weighted by Gasteiger charge is -2.42. The van der Waals surface area contributed by atoms with Gasteiger partial charge in [-0.05, 0) is 84.2 Å². The van der Waals surface area contributed by atoms with Gasteiger partial charge < -0.3 is 29.7 Å². The van der Waals surface area contributed by atoms with Gasteiger partial charge in [0.15, 0.2) is 22.9 Å². The van der Waals surface area contributed by atoms with E-state index in [0.717, 1.165) is 80.2 Å². The van der Waals surface area contributed by atoms with Crippen molar-refractivity contribution in [1.82, 2.24) is 29.8 Å². The number of rotatable bonds is 4. The molecule has 0 bridgehead atoms. The van der Waals surface area contributed by atoms with Crippen molar-refractivity contribution in [2.45, 2.75) is 107 Å². The van der Waals surface area contributed by atoms with Gasteiger partial charge in [-0.1, -0.05) is 5.16 Å². The van der Waals surface area contributed by atoms with Crippen LogP contribution in [-0.2, 0) is 23.0 Å². The van der Waals surface area contributed by atoms with Crippen LogP contribution in [0.2, 0.25) is 0 Å². The summed E-state index contributed by atoms with van der Waals surface area (Å²) in [6.07, 6.45) is 7.81. The molecule has 0 radical (unpaired) electrons. The van der Waals surface area contributed by atoms with Gasteiger partial charge in [-0.2, -0.15) is 5.26 Å². The van der Waals surface area contributed by atoms with E-state index < -0.39 is 11.0 Å². The SMILES string of the molecule is COC1CCN(C)C1C(C)n1nc2c3c(nc(-c4noc5c4CCCC54CCCc5sc(N)c(C#N)c54)nc31)N1CC(C)(O)CCC1CO2. The Labute approximate surface area is 289 Å². The van der Waals surface area contributed by atoms with Crippen LogP contribution >= 0.6 is 11.3 Å². The van der Waals surface area contributed by atoms with Gasteiger partial charge in [0.2, 0.25) is 5.88 Å². The number of nitriles is 1. The Bertz CT molecular complexity index is 2010. The fraction of sp³-hybridized carbons (Fsp3) is 0.629. The minimum Gasteiger partial charge on any atom is -0.474 e. The molecule has 0 amide bonds. The number of likely N-dealkylation sites (N-methyl/N-ethyl adjacent to an activating group) is 1. The van der Waals surface area contributed by atoms with Crippen LogP contribution in [0.15, 0.2) is 4.52 Å². The summed E-state index contributed by atoms with van der Waals surface area (Å²) in [6, 6.07) is 2.45. The van der Waals surface area contributed by atoms with Crippen LogP contribution in [0.3, 0.4) is 0 Å². The zero-order valence-electron chi connectivity index (χ0n) is 28.5. The van der Waals surface area contributed by atoms with Gasteiger partial charge in [-0.15, -0.1) is 16.4 Å². The summed E-state index contributed by atoms with van der Waals surface area (Å²) in [6.45, 7) is 5.85. The summed E-state index contributed by atoms with van der Waals surface area (Å²) in [5, 5.41) is 32.6. The molecule has 258 valence electrons. The van der Waals surface area contributed by atoms with Crippen LogP contribution < -0.4 is 15.4 Å². The topological polar surface area (TPSA) is 165 Å². The molecule has 1 spiro atoms. The standard InChI is InChI=1S/C35H43N9O4S/c1-18(27-22(46-4)10-14-42(27)3)44-32-24-31(43-17-34(2,45)13-9-19(43)16-47-33(24)40-44)38-30(39-32)26-20-7-5-11-35(28(20)48-41-26)12-6-8-23-25(35)21(15-36)29(37)49-23/h18-19,22,27,45H,5-14,16-17,37H2,1-4H3. The second-order valence-corrected chi connectivity index (χ2v) is 16.2. The molecular formula is C35H43N9O4S. The first-order chi connectivity index (χ1) is 23.6. The van der Waals surface area contributed by atoms with Crippen molar-refractivity contribution in [1.29, 1.82) is 5.26 Å². The molecule has 3 aliphatic heterocycles. The molecule has 0 aromatic carbocycles. The van der Waals surface area contributed by atoms with E-state index in [1.54, 1.807) is 7.11 Å².